The number of aromatic nitrogens is 2. The molecule has 3 heteroatoms. The molecule has 4 rings (SSSR count). The number of aryl methyl sites for hydroxylation is 2. The van der Waals surface area contributed by atoms with Gasteiger partial charge in [0, 0.05) is 38.0 Å². The van der Waals surface area contributed by atoms with Gasteiger partial charge in [0.15, 0.2) is 0 Å². The smallest absolute Gasteiger partial charge is 0.0608 e. The second kappa shape index (κ2) is 4.69. The standard InChI is InChI=1S/C17H13N2.Ir/c1-11-3-5-13-14(9-11)15-10-12(2)4-6-16(15)19-8-7-18-17(13)19;/h3-4,6-10H,1-2H3;/q-1;. The quantitative estimate of drug-likeness (QED) is 0.300. The fourth-order valence-electron chi connectivity index (χ4n) is 2.76. The van der Waals surface area contributed by atoms with E-state index in [9.17, 15) is 0 Å². The molecule has 0 N–H and O–H groups in total. The maximum absolute atomic E-state index is 4.48. The van der Waals surface area contributed by atoms with Crippen LogP contribution in [-0.4, -0.2) is 9.38 Å². The summed E-state index contributed by atoms with van der Waals surface area (Å²) in [6.45, 7) is 4.23. The first-order valence-corrected chi connectivity index (χ1v) is 6.41. The van der Waals surface area contributed by atoms with E-state index in [0.29, 0.717) is 0 Å². The molecule has 0 saturated heterocycles. The van der Waals surface area contributed by atoms with Gasteiger partial charge in [0.25, 0.3) is 0 Å². The summed E-state index contributed by atoms with van der Waals surface area (Å²) in [5, 5.41) is 3.59. The average Bonchev–Trinajstić information content (AvgIpc) is 2.88. The Morgan fingerprint density at radius 1 is 1.05 bits per heavy atom. The maximum atomic E-state index is 4.48. The molecular formula is C17H13IrN2-. The van der Waals surface area contributed by atoms with Crippen molar-refractivity contribution in [1.29, 1.82) is 0 Å². The van der Waals surface area contributed by atoms with Crippen LogP contribution in [0.2, 0.25) is 0 Å². The van der Waals surface area contributed by atoms with Crippen LogP contribution < -0.4 is 0 Å². The van der Waals surface area contributed by atoms with E-state index in [-0.39, 0.29) is 20.1 Å². The van der Waals surface area contributed by atoms with E-state index in [1.54, 1.807) is 0 Å². The van der Waals surface area contributed by atoms with Gasteiger partial charge in [-0.2, -0.15) is 0 Å². The molecule has 0 atom stereocenters. The fraction of sp³-hybridized carbons (Fsp3) is 0.118. The molecule has 0 unspecified atom stereocenters. The molecule has 4 aromatic rings. The molecular weight excluding hydrogens is 424 g/mol. The molecule has 0 bridgehead atoms. The van der Waals surface area contributed by atoms with Crippen molar-refractivity contribution in [3.63, 3.8) is 0 Å². The SMILES string of the molecule is Cc1c[c-]c2c(c1)c1cc(C)ccc1n1ccnc21.[Ir]. The molecule has 2 heterocycles. The largest absolute Gasteiger partial charge is 0.340 e. The van der Waals surface area contributed by atoms with Crippen molar-refractivity contribution in [2.45, 2.75) is 13.8 Å². The Kier molecular flexibility index (Phi) is 3.12. The van der Waals surface area contributed by atoms with Gasteiger partial charge in [-0.3, -0.25) is 4.98 Å². The van der Waals surface area contributed by atoms with Crippen molar-refractivity contribution < 1.29 is 20.1 Å². The van der Waals surface area contributed by atoms with E-state index >= 15 is 0 Å². The summed E-state index contributed by atoms with van der Waals surface area (Å²) in [5.41, 5.74) is 4.68. The average molecular weight is 438 g/mol. The van der Waals surface area contributed by atoms with Crippen LogP contribution in [0.1, 0.15) is 11.1 Å². The van der Waals surface area contributed by atoms with Crippen LogP contribution in [0.5, 0.6) is 0 Å². The third kappa shape index (κ3) is 1.78. The molecule has 0 saturated carbocycles. The summed E-state index contributed by atoms with van der Waals surface area (Å²) in [6.07, 6.45) is 3.86. The van der Waals surface area contributed by atoms with Crippen molar-refractivity contribution >= 4 is 27.3 Å². The molecule has 1 radical (unpaired) electrons. The number of nitrogens with zero attached hydrogens (tertiary/aromatic N) is 2. The van der Waals surface area contributed by atoms with E-state index in [4.69, 9.17) is 0 Å². The van der Waals surface area contributed by atoms with Gasteiger partial charge in [-0.1, -0.05) is 30.0 Å². The molecule has 0 spiro atoms. The van der Waals surface area contributed by atoms with Crippen LogP contribution in [0.4, 0.5) is 0 Å². The number of pyridine rings is 1. The number of fused-ring (bicyclic) bond motifs is 6. The molecule has 20 heavy (non-hydrogen) atoms. The molecule has 0 aliphatic heterocycles. The molecule has 0 aliphatic rings. The number of imidazole rings is 1. The zero-order chi connectivity index (χ0) is 13.0. The minimum absolute atomic E-state index is 0. The van der Waals surface area contributed by atoms with Crippen molar-refractivity contribution in [2.75, 3.05) is 0 Å². The molecule has 0 aliphatic carbocycles. The molecule has 2 aromatic carbocycles. The van der Waals surface area contributed by atoms with E-state index < -0.39 is 0 Å². The topological polar surface area (TPSA) is 17.3 Å². The van der Waals surface area contributed by atoms with E-state index in [1.807, 2.05) is 18.5 Å². The first-order chi connectivity index (χ1) is 9.24. The molecule has 2 nitrogen and oxygen atoms in total. The number of rotatable bonds is 0. The first kappa shape index (κ1) is 13.3. The van der Waals surface area contributed by atoms with Crippen LogP contribution >= 0.6 is 0 Å². The monoisotopic (exact) mass is 438 g/mol. The third-order valence-corrected chi connectivity index (χ3v) is 3.65. The minimum Gasteiger partial charge on any atom is -0.340 e. The van der Waals surface area contributed by atoms with Gasteiger partial charge in [-0.25, -0.2) is 0 Å². The summed E-state index contributed by atoms with van der Waals surface area (Å²) in [5.74, 6) is 0. The van der Waals surface area contributed by atoms with E-state index in [0.717, 1.165) is 11.0 Å². The predicted molar refractivity (Wildman–Crippen MR) is 78.5 cm³/mol. The molecule has 0 amide bonds. The predicted octanol–water partition coefficient (Wildman–Crippen LogP) is 4.06. The summed E-state index contributed by atoms with van der Waals surface area (Å²) in [6, 6.07) is 14.2. The summed E-state index contributed by atoms with van der Waals surface area (Å²) in [4.78, 5) is 4.48. The van der Waals surface area contributed by atoms with Crippen molar-refractivity contribution in [1.82, 2.24) is 9.38 Å². The summed E-state index contributed by atoms with van der Waals surface area (Å²) < 4.78 is 2.14. The Morgan fingerprint density at radius 3 is 2.70 bits per heavy atom. The number of benzene rings is 2. The Labute approximate surface area is 130 Å². The Hall–Kier alpha value is -1.70. The normalized spacial score (nSPS) is 11.1. The van der Waals surface area contributed by atoms with Crippen molar-refractivity contribution in [3.8, 4) is 0 Å². The summed E-state index contributed by atoms with van der Waals surface area (Å²) in [7, 11) is 0. The van der Waals surface area contributed by atoms with Crippen LogP contribution in [0, 0.1) is 19.9 Å². The van der Waals surface area contributed by atoms with Gasteiger partial charge in [0.05, 0.1) is 5.65 Å². The first-order valence-electron chi connectivity index (χ1n) is 6.41. The van der Waals surface area contributed by atoms with Crippen LogP contribution in [0.3, 0.4) is 0 Å². The Bertz CT molecular complexity index is 862. The summed E-state index contributed by atoms with van der Waals surface area (Å²) >= 11 is 0. The zero-order valence-corrected chi connectivity index (χ0v) is 13.7. The second-order valence-corrected chi connectivity index (χ2v) is 5.11. The molecule has 2 aromatic heterocycles. The van der Waals surface area contributed by atoms with Crippen molar-refractivity contribution in [2.24, 2.45) is 0 Å². The van der Waals surface area contributed by atoms with Gasteiger partial charge in [-0.05, 0) is 18.4 Å². The van der Waals surface area contributed by atoms with Crippen LogP contribution in [0.15, 0.2) is 42.7 Å². The number of hydrogen-bond acceptors (Lipinski definition) is 1. The Morgan fingerprint density at radius 2 is 1.85 bits per heavy atom. The molecule has 0 fully saturated rings. The Balaban J connectivity index is 0.00000121. The van der Waals surface area contributed by atoms with Crippen molar-refractivity contribution in [3.05, 3.63) is 59.9 Å². The van der Waals surface area contributed by atoms with Gasteiger partial charge >= 0.3 is 0 Å². The molecule has 101 valence electrons. The van der Waals surface area contributed by atoms with Gasteiger partial charge in [0.1, 0.15) is 0 Å². The maximum Gasteiger partial charge on any atom is 0.0608 e. The zero-order valence-electron chi connectivity index (χ0n) is 11.3. The van der Waals surface area contributed by atoms with E-state index in [1.165, 1.54) is 27.4 Å². The van der Waals surface area contributed by atoms with Gasteiger partial charge in [0.2, 0.25) is 0 Å². The third-order valence-electron chi connectivity index (χ3n) is 3.65. The van der Waals surface area contributed by atoms with E-state index in [2.05, 4.69) is 53.6 Å². The fourth-order valence-corrected chi connectivity index (χ4v) is 2.76. The van der Waals surface area contributed by atoms with Gasteiger partial charge in [-0.15, -0.1) is 29.1 Å². The second-order valence-electron chi connectivity index (χ2n) is 5.11. The number of hydrogen-bond donors (Lipinski definition) is 0. The van der Waals surface area contributed by atoms with Crippen LogP contribution in [-0.2, 0) is 20.1 Å². The van der Waals surface area contributed by atoms with Gasteiger partial charge < -0.3 is 4.40 Å². The minimum atomic E-state index is 0. The van der Waals surface area contributed by atoms with Crippen LogP contribution in [0.25, 0.3) is 27.3 Å².